The molecule has 0 saturated heterocycles. The molecule has 2 rings (SSSR count). The van der Waals surface area contributed by atoms with Crippen molar-refractivity contribution < 1.29 is 4.74 Å². The Morgan fingerprint density at radius 2 is 2.39 bits per heavy atom. The molecule has 1 aliphatic carbocycles. The molecular weight excluding hydrogens is 244 g/mol. The number of hydrogen-bond acceptors (Lipinski definition) is 4. The van der Waals surface area contributed by atoms with E-state index in [2.05, 4.69) is 34.7 Å². The molecule has 18 heavy (non-hydrogen) atoms. The Morgan fingerprint density at radius 1 is 1.56 bits per heavy atom. The minimum absolute atomic E-state index is 0.594. The maximum Gasteiger partial charge on any atom is 0.0587 e. The van der Waals surface area contributed by atoms with Crippen LogP contribution in [0.15, 0.2) is 17.5 Å². The predicted molar refractivity (Wildman–Crippen MR) is 77.1 cm³/mol. The van der Waals surface area contributed by atoms with Crippen LogP contribution in [0, 0.1) is 0 Å². The van der Waals surface area contributed by atoms with Crippen molar-refractivity contribution in [3.05, 3.63) is 22.4 Å². The van der Waals surface area contributed by atoms with Crippen molar-refractivity contribution in [1.82, 2.24) is 10.2 Å². The smallest absolute Gasteiger partial charge is 0.0587 e. The summed E-state index contributed by atoms with van der Waals surface area (Å²) in [7, 11) is 1.75. The molecule has 4 heteroatoms. The molecule has 0 bridgehead atoms. The highest BCUT2D eigenvalue weighted by Crippen LogP contribution is 2.30. The Kier molecular flexibility index (Phi) is 5.63. The van der Waals surface area contributed by atoms with Gasteiger partial charge in [-0.1, -0.05) is 6.07 Å². The van der Waals surface area contributed by atoms with Gasteiger partial charge < -0.3 is 10.1 Å². The Bertz CT molecular complexity index is 325. The molecule has 1 unspecified atom stereocenters. The van der Waals surface area contributed by atoms with E-state index in [1.54, 1.807) is 7.11 Å². The summed E-state index contributed by atoms with van der Waals surface area (Å²) in [5.74, 6) is 0. The van der Waals surface area contributed by atoms with E-state index < -0.39 is 0 Å². The van der Waals surface area contributed by atoms with Crippen molar-refractivity contribution in [2.45, 2.75) is 38.4 Å². The highest BCUT2D eigenvalue weighted by molar-refractivity contribution is 7.09. The molecule has 1 aliphatic rings. The highest BCUT2D eigenvalue weighted by atomic mass is 32.1. The second-order valence-corrected chi connectivity index (χ2v) is 6.06. The first kappa shape index (κ1) is 14.0. The number of hydrogen-bond donors (Lipinski definition) is 1. The van der Waals surface area contributed by atoms with Gasteiger partial charge in [-0.25, -0.2) is 0 Å². The molecule has 1 fully saturated rings. The van der Waals surface area contributed by atoms with Gasteiger partial charge in [0.25, 0.3) is 0 Å². The fraction of sp³-hybridized carbons (Fsp3) is 0.714. The fourth-order valence-corrected chi connectivity index (χ4v) is 2.95. The Labute approximate surface area is 114 Å². The molecule has 0 spiro atoms. The lowest BCUT2D eigenvalue weighted by atomic mass is 10.2. The fourth-order valence-electron chi connectivity index (χ4n) is 2.24. The van der Waals surface area contributed by atoms with Crippen LogP contribution >= 0.6 is 11.3 Å². The van der Waals surface area contributed by atoms with E-state index in [1.165, 1.54) is 17.7 Å². The van der Waals surface area contributed by atoms with E-state index in [-0.39, 0.29) is 0 Å². The van der Waals surface area contributed by atoms with Gasteiger partial charge in [0.1, 0.15) is 0 Å². The molecule has 1 aromatic rings. The molecule has 1 saturated carbocycles. The summed E-state index contributed by atoms with van der Waals surface area (Å²) < 4.78 is 5.05. The molecule has 1 heterocycles. The molecule has 3 nitrogen and oxygen atoms in total. The molecule has 0 aliphatic heterocycles. The first-order chi connectivity index (χ1) is 8.81. The zero-order valence-electron chi connectivity index (χ0n) is 11.4. The van der Waals surface area contributed by atoms with Crippen molar-refractivity contribution in [3.63, 3.8) is 0 Å². The van der Waals surface area contributed by atoms with Gasteiger partial charge in [-0.15, -0.1) is 11.3 Å². The Balaban J connectivity index is 1.77. The van der Waals surface area contributed by atoms with Crippen LogP contribution < -0.4 is 5.32 Å². The van der Waals surface area contributed by atoms with Gasteiger partial charge >= 0.3 is 0 Å². The summed E-state index contributed by atoms with van der Waals surface area (Å²) in [6.45, 7) is 6.21. The average molecular weight is 268 g/mol. The van der Waals surface area contributed by atoms with Crippen molar-refractivity contribution in [2.75, 3.05) is 26.8 Å². The van der Waals surface area contributed by atoms with E-state index in [0.717, 1.165) is 32.3 Å². The van der Waals surface area contributed by atoms with Gasteiger partial charge in [0.05, 0.1) is 6.61 Å². The van der Waals surface area contributed by atoms with Crippen LogP contribution in [0.2, 0.25) is 0 Å². The van der Waals surface area contributed by atoms with Gasteiger partial charge in [0.15, 0.2) is 0 Å². The van der Waals surface area contributed by atoms with E-state index in [1.807, 2.05) is 11.3 Å². The quantitative estimate of drug-likeness (QED) is 0.696. The predicted octanol–water partition coefficient (Wildman–Crippen LogP) is 2.34. The number of thiophene rings is 1. The first-order valence-corrected chi connectivity index (χ1v) is 7.67. The van der Waals surface area contributed by atoms with Crippen LogP contribution in [0.4, 0.5) is 0 Å². The summed E-state index contributed by atoms with van der Waals surface area (Å²) >= 11 is 1.86. The van der Waals surface area contributed by atoms with Crippen molar-refractivity contribution in [3.8, 4) is 0 Å². The second-order valence-electron chi connectivity index (χ2n) is 5.03. The molecule has 0 aromatic carbocycles. The van der Waals surface area contributed by atoms with Crippen molar-refractivity contribution in [2.24, 2.45) is 0 Å². The number of methoxy groups -OCH3 is 1. The maximum atomic E-state index is 5.05. The molecule has 0 amide bonds. The zero-order valence-corrected chi connectivity index (χ0v) is 12.2. The first-order valence-electron chi connectivity index (χ1n) is 6.79. The summed E-state index contributed by atoms with van der Waals surface area (Å²) in [5.41, 5.74) is 0. The van der Waals surface area contributed by atoms with Gasteiger partial charge in [0.2, 0.25) is 0 Å². The summed E-state index contributed by atoms with van der Waals surface area (Å²) in [5, 5.41) is 5.63. The monoisotopic (exact) mass is 268 g/mol. The summed E-state index contributed by atoms with van der Waals surface area (Å²) in [4.78, 5) is 4.12. The van der Waals surface area contributed by atoms with Crippen LogP contribution in [0.1, 0.15) is 24.6 Å². The third-order valence-corrected chi connectivity index (χ3v) is 4.28. The third-order valence-electron chi connectivity index (χ3n) is 3.42. The van der Waals surface area contributed by atoms with Crippen LogP contribution in [0.25, 0.3) is 0 Å². The lowest BCUT2D eigenvalue weighted by molar-refractivity contribution is 0.173. The lowest BCUT2D eigenvalue weighted by Gasteiger charge is -2.29. The Hall–Kier alpha value is -0.420. The summed E-state index contributed by atoms with van der Waals surface area (Å²) in [6, 6.07) is 5.79. The van der Waals surface area contributed by atoms with E-state index in [9.17, 15) is 0 Å². The van der Waals surface area contributed by atoms with Crippen LogP contribution in [-0.2, 0) is 11.3 Å². The van der Waals surface area contributed by atoms with Gasteiger partial charge in [0, 0.05) is 43.7 Å². The highest BCUT2D eigenvalue weighted by Gasteiger charge is 2.32. The SMILES string of the molecule is COCCNCC(C)N(Cc1cccs1)C1CC1. The van der Waals surface area contributed by atoms with Crippen LogP contribution in [-0.4, -0.2) is 43.8 Å². The summed E-state index contributed by atoms with van der Waals surface area (Å²) in [6.07, 6.45) is 2.74. The van der Waals surface area contributed by atoms with Crippen LogP contribution in [0.3, 0.4) is 0 Å². The van der Waals surface area contributed by atoms with Gasteiger partial charge in [-0.3, -0.25) is 4.90 Å². The maximum absolute atomic E-state index is 5.05. The molecule has 102 valence electrons. The standard InChI is InChI=1S/C14H24N2OS/c1-12(10-15-7-8-17-2)16(13-5-6-13)11-14-4-3-9-18-14/h3-4,9,12-13,15H,5-8,10-11H2,1-2H3. The average Bonchev–Trinajstić information content (AvgIpc) is 3.08. The molecule has 1 aromatic heterocycles. The number of nitrogens with one attached hydrogen (secondary N) is 1. The van der Waals surface area contributed by atoms with Gasteiger partial charge in [-0.05, 0) is 31.2 Å². The molecular formula is C14H24N2OS. The van der Waals surface area contributed by atoms with E-state index >= 15 is 0 Å². The van der Waals surface area contributed by atoms with E-state index in [4.69, 9.17) is 4.74 Å². The minimum atomic E-state index is 0.594. The normalized spacial score (nSPS) is 17.3. The topological polar surface area (TPSA) is 24.5 Å². The van der Waals surface area contributed by atoms with Gasteiger partial charge in [-0.2, -0.15) is 0 Å². The molecule has 0 radical (unpaired) electrons. The zero-order chi connectivity index (χ0) is 12.8. The number of rotatable bonds is 9. The molecule has 1 atom stereocenters. The third kappa shape index (κ3) is 4.35. The Morgan fingerprint density at radius 3 is 3.00 bits per heavy atom. The van der Waals surface area contributed by atoms with E-state index in [0.29, 0.717) is 6.04 Å². The van der Waals surface area contributed by atoms with Crippen molar-refractivity contribution in [1.29, 1.82) is 0 Å². The van der Waals surface area contributed by atoms with Crippen LogP contribution in [0.5, 0.6) is 0 Å². The minimum Gasteiger partial charge on any atom is -0.383 e. The number of ether oxygens (including phenoxy) is 1. The molecule has 1 N–H and O–H groups in total. The van der Waals surface area contributed by atoms with Crippen molar-refractivity contribution >= 4 is 11.3 Å². The largest absolute Gasteiger partial charge is 0.383 e. The number of nitrogens with zero attached hydrogens (tertiary/aromatic N) is 1. The second kappa shape index (κ2) is 7.24. The lowest BCUT2D eigenvalue weighted by Crippen LogP contribution is -2.41.